The lowest BCUT2D eigenvalue weighted by Gasteiger charge is -2.20. The van der Waals surface area contributed by atoms with Gasteiger partial charge in [-0.2, -0.15) is 0 Å². The molecule has 0 unspecified atom stereocenters. The van der Waals surface area contributed by atoms with Gasteiger partial charge in [0.05, 0.1) is 0 Å². The minimum absolute atomic E-state index is 0.0140. The second-order valence-corrected chi connectivity index (χ2v) is 4.61. The predicted molar refractivity (Wildman–Crippen MR) is 74.2 cm³/mol. The van der Waals surface area contributed by atoms with E-state index in [1.807, 2.05) is 4.90 Å². The van der Waals surface area contributed by atoms with E-state index in [1.54, 1.807) is 0 Å². The Kier molecular flexibility index (Phi) is 4.49. The van der Waals surface area contributed by atoms with Crippen LogP contribution in [0.5, 0.6) is 0 Å². The van der Waals surface area contributed by atoms with E-state index in [1.165, 1.54) is 12.1 Å². The van der Waals surface area contributed by atoms with Gasteiger partial charge in [-0.15, -0.1) is 0 Å². The van der Waals surface area contributed by atoms with Gasteiger partial charge in [0.2, 0.25) is 0 Å². The van der Waals surface area contributed by atoms with E-state index in [9.17, 15) is 8.78 Å². The van der Waals surface area contributed by atoms with Crippen LogP contribution in [0, 0.1) is 16.6 Å². The fraction of sp³-hybridized carbons (Fsp3) is 0.385. The van der Waals surface area contributed by atoms with Gasteiger partial charge in [-0.3, -0.25) is 16.1 Å². The molecule has 1 aliphatic heterocycles. The van der Waals surface area contributed by atoms with Gasteiger partial charge in [0, 0.05) is 24.3 Å². The van der Waals surface area contributed by atoms with Crippen molar-refractivity contribution in [1.82, 2.24) is 10.2 Å². The Hall–Kier alpha value is -2.18. The highest BCUT2D eigenvalue weighted by atomic mass is 19.1. The van der Waals surface area contributed by atoms with Crippen LogP contribution >= 0.6 is 0 Å². The molecule has 1 aromatic carbocycles. The number of alkyl halides is 1. The molecule has 0 amide bonds. The van der Waals surface area contributed by atoms with E-state index in [0.717, 1.165) is 32.0 Å². The van der Waals surface area contributed by atoms with Crippen LogP contribution in [0.15, 0.2) is 18.2 Å². The second kappa shape index (κ2) is 6.31. The number of anilines is 1. The molecule has 0 spiro atoms. The van der Waals surface area contributed by atoms with E-state index < -0.39 is 12.5 Å². The van der Waals surface area contributed by atoms with Crippen molar-refractivity contribution >= 4 is 17.6 Å². The van der Waals surface area contributed by atoms with E-state index >= 15 is 0 Å². The first-order chi connectivity index (χ1) is 9.60. The molecule has 7 heteroatoms. The molecular weight excluding hydrogens is 264 g/mol. The predicted octanol–water partition coefficient (Wildman–Crippen LogP) is 2.26. The number of rotatable bonds is 2. The average Bonchev–Trinajstić information content (AvgIpc) is 2.92. The van der Waals surface area contributed by atoms with Gasteiger partial charge in [-0.1, -0.05) is 6.07 Å². The lowest BCUT2D eigenvalue weighted by atomic mass is 10.2. The average molecular weight is 281 g/mol. The molecule has 0 aliphatic carbocycles. The quantitative estimate of drug-likeness (QED) is 0.496. The highest BCUT2D eigenvalue weighted by Crippen LogP contribution is 2.15. The Morgan fingerprint density at radius 3 is 2.55 bits per heavy atom. The zero-order valence-electron chi connectivity index (χ0n) is 11.0. The number of nitrogens with zero attached hydrogens (tertiary/aromatic N) is 1. The van der Waals surface area contributed by atoms with Crippen LogP contribution in [0.1, 0.15) is 18.4 Å². The molecule has 0 atom stereocenters. The number of halogens is 2. The Morgan fingerprint density at radius 2 is 1.95 bits per heavy atom. The van der Waals surface area contributed by atoms with Gasteiger partial charge in [-0.05, 0) is 25.0 Å². The molecule has 0 radical (unpaired) electrons. The van der Waals surface area contributed by atoms with Crippen molar-refractivity contribution < 1.29 is 8.78 Å². The second-order valence-electron chi connectivity index (χ2n) is 4.61. The zero-order valence-corrected chi connectivity index (χ0v) is 11.0. The molecule has 20 heavy (non-hydrogen) atoms. The van der Waals surface area contributed by atoms with Gasteiger partial charge in [0.15, 0.2) is 11.9 Å². The molecule has 108 valence electrons. The molecule has 1 heterocycles. The highest BCUT2D eigenvalue weighted by Gasteiger charge is 2.15. The summed E-state index contributed by atoms with van der Waals surface area (Å²) in [6.45, 7) is 0.749. The summed E-state index contributed by atoms with van der Waals surface area (Å²) in [5.74, 6) is -0.616. The molecule has 0 bridgehead atoms. The summed E-state index contributed by atoms with van der Waals surface area (Å²) in [5, 5.41) is 20.7. The highest BCUT2D eigenvalue weighted by molar-refractivity contribution is 6.02. The van der Waals surface area contributed by atoms with Crippen LogP contribution in [0.3, 0.4) is 0 Å². The first-order valence-corrected chi connectivity index (χ1v) is 6.40. The summed E-state index contributed by atoms with van der Waals surface area (Å²) in [6, 6.07) is 3.95. The third kappa shape index (κ3) is 3.43. The molecule has 1 fully saturated rings. The summed E-state index contributed by atoms with van der Waals surface area (Å²) in [5.41, 5.74) is 0.325. The Morgan fingerprint density at radius 1 is 1.25 bits per heavy atom. The summed E-state index contributed by atoms with van der Waals surface area (Å²) >= 11 is 0. The fourth-order valence-electron chi connectivity index (χ4n) is 2.05. The number of nitrogens with one attached hydrogen (secondary N) is 4. The van der Waals surface area contributed by atoms with Crippen molar-refractivity contribution in [1.29, 1.82) is 10.8 Å². The van der Waals surface area contributed by atoms with E-state index in [2.05, 4.69) is 10.6 Å². The first-order valence-electron chi connectivity index (χ1n) is 6.40. The lowest BCUT2D eigenvalue weighted by Crippen LogP contribution is -2.44. The SMILES string of the molecule is N=C(NC(=N)N1CCCC1)Nc1ccc(CF)c(F)c1. The number of likely N-dealkylation sites (tertiary alicyclic amines) is 1. The third-order valence-electron chi connectivity index (χ3n) is 3.13. The van der Waals surface area contributed by atoms with E-state index in [-0.39, 0.29) is 17.5 Å². The van der Waals surface area contributed by atoms with E-state index in [4.69, 9.17) is 10.8 Å². The largest absolute Gasteiger partial charge is 0.343 e. The molecule has 1 aliphatic rings. The maximum atomic E-state index is 13.4. The number of guanidine groups is 2. The van der Waals surface area contributed by atoms with Crippen molar-refractivity contribution in [3.05, 3.63) is 29.6 Å². The molecule has 1 saturated heterocycles. The smallest absolute Gasteiger partial charge is 0.199 e. The van der Waals surface area contributed by atoms with Crippen LogP contribution in [-0.4, -0.2) is 29.9 Å². The van der Waals surface area contributed by atoms with Gasteiger partial charge in [-0.25, -0.2) is 8.78 Å². The molecule has 4 N–H and O–H groups in total. The Balaban J connectivity index is 1.90. The van der Waals surface area contributed by atoms with Crippen LogP contribution in [-0.2, 0) is 6.67 Å². The van der Waals surface area contributed by atoms with E-state index in [0.29, 0.717) is 5.69 Å². The van der Waals surface area contributed by atoms with Gasteiger partial charge < -0.3 is 10.2 Å². The Bertz CT molecular complexity index is 511. The summed E-state index contributed by atoms with van der Waals surface area (Å²) in [7, 11) is 0. The van der Waals surface area contributed by atoms with Crippen molar-refractivity contribution in [3.63, 3.8) is 0 Å². The monoisotopic (exact) mass is 281 g/mol. The molecule has 0 saturated carbocycles. The maximum absolute atomic E-state index is 13.4. The maximum Gasteiger partial charge on any atom is 0.199 e. The summed E-state index contributed by atoms with van der Waals surface area (Å²) in [6.07, 6.45) is 2.08. The zero-order chi connectivity index (χ0) is 14.5. The van der Waals surface area contributed by atoms with Crippen molar-refractivity contribution in [2.24, 2.45) is 0 Å². The minimum Gasteiger partial charge on any atom is -0.343 e. The third-order valence-corrected chi connectivity index (χ3v) is 3.13. The van der Waals surface area contributed by atoms with Gasteiger partial charge in [0.25, 0.3) is 0 Å². The molecular formula is C13H17F2N5. The fourth-order valence-corrected chi connectivity index (χ4v) is 2.05. The standard InChI is InChI=1S/C13H17F2N5/c14-8-9-3-4-10(7-11(9)15)18-12(16)19-13(17)20-5-1-2-6-20/h3-4,7H,1-2,5-6,8H2,(H4,16,17,18,19). The summed E-state index contributed by atoms with van der Waals surface area (Å²) in [4.78, 5) is 1.84. The number of hydrogen-bond acceptors (Lipinski definition) is 2. The van der Waals surface area contributed by atoms with Crippen LogP contribution in [0.2, 0.25) is 0 Å². The topological polar surface area (TPSA) is 75.0 Å². The number of hydrogen-bond donors (Lipinski definition) is 4. The van der Waals surface area contributed by atoms with Crippen LogP contribution < -0.4 is 10.6 Å². The van der Waals surface area contributed by atoms with Crippen molar-refractivity contribution in [2.45, 2.75) is 19.5 Å². The van der Waals surface area contributed by atoms with Gasteiger partial charge >= 0.3 is 0 Å². The van der Waals surface area contributed by atoms with Crippen molar-refractivity contribution in [3.8, 4) is 0 Å². The Labute approximate surface area is 116 Å². The number of benzene rings is 1. The summed E-state index contributed by atoms with van der Waals surface area (Å²) < 4.78 is 25.8. The normalized spacial score (nSPS) is 14.2. The van der Waals surface area contributed by atoms with Gasteiger partial charge in [0.1, 0.15) is 12.5 Å². The molecule has 5 nitrogen and oxygen atoms in total. The van der Waals surface area contributed by atoms with Crippen LogP contribution in [0.25, 0.3) is 0 Å². The lowest BCUT2D eigenvalue weighted by molar-refractivity contribution is 0.464. The minimum atomic E-state index is -0.860. The van der Waals surface area contributed by atoms with Crippen LogP contribution in [0.4, 0.5) is 14.5 Å². The molecule has 1 aromatic rings. The first kappa shape index (κ1) is 14.2. The molecule has 0 aromatic heterocycles. The molecule has 2 rings (SSSR count). The van der Waals surface area contributed by atoms with Crippen molar-refractivity contribution in [2.75, 3.05) is 18.4 Å².